The molecule has 0 aliphatic carbocycles. The molecule has 18 heavy (non-hydrogen) atoms. The van der Waals surface area contributed by atoms with Crippen molar-refractivity contribution in [2.75, 3.05) is 11.9 Å². The van der Waals surface area contributed by atoms with Gasteiger partial charge in [-0.15, -0.1) is 11.3 Å². The van der Waals surface area contributed by atoms with Gasteiger partial charge in [-0.05, 0) is 13.8 Å². The van der Waals surface area contributed by atoms with Crippen LogP contribution in [0.15, 0.2) is 11.6 Å². The number of thiazole rings is 1. The van der Waals surface area contributed by atoms with Crippen LogP contribution in [0, 0.1) is 13.8 Å². The van der Waals surface area contributed by atoms with Gasteiger partial charge in [0.2, 0.25) is 5.95 Å². The van der Waals surface area contributed by atoms with Gasteiger partial charge in [0.05, 0.1) is 17.2 Å². The van der Waals surface area contributed by atoms with E-state index in [1.165, 1.54) is 0 Å². The van der Waals surface area contributed by atoms with E-state index >= 15 is 0 Å². The maximum absolute atomic E-state index is 5.60. The molecule has 0 spiro atoms. The number of hydrogen-bond acceptors (Lipinski definition) is 6. The van der Waals surface area contributed by atoms with Crippen LogP contribution in [0.4, 0.5) is 5.95 Å². The first-order valence-electron chi connectivity index (χ1n) is 5.75. The molecular formula is C12H17N5S. The molecule has 0 radical (unpaired) electrons. The second-order valence-electron chi connectivity index (χ2n) is 4.20. The van der Waals surface area contributed by atoms with Crippen LogP contribution in [0.2, 0.25) is 0 Å². The zero-order valence-corrected chi connectivity index (χ0v) is 11.7. The van der Waals surface area contributed by atoms with E-state index < -0.39 is 0 Å². The summed E-state index contributed by atoms with van der Waals surface area (Å²) in [5.74, 6) is 0.704. The standard InChI is InChI=1S/C12H17N5S/c1-8-10(4-13)5-14-12(15-8)17(3)6-11-7-18-9(2)16-11/h5,7H,4,6,13H2,1-3H3. The van der Waals surface area contributed by atoms with Crippen LogP contribution in [0.5, 0.6) is 0 Å². The molecule has 0 atom stereocenters. The summed E-state index contributed by atoms with van der Waals surface area (Å²) in [6.45, 7) is 5.14. The Morgan fingerprint density at radius 1 is 1.33 bits per heavy atom. The maximum atomic E-state index is 5.60. The largest absolute Gasteiger partial charge is 0.338 e. The maximum Gasteiger partial charge on any atom is 0.225 e. The van der Waals surface area contributed by atoms with Crippen molar-refractivity contribution in [3.63, 3.8) is 0 Å². The Morgan fingerprint density at radius 3 is 2.67 bits per heavy atom. The van der Waals surface area contributed by atoms with Crippen LogP contribution in [0.25, 0.3) is 0 Å². The van der Waals surface area contributed by atoms with Crippen LogP contribution in [-0.2, 0) is 13.1 Å². The first-order valence-corrected chi connectivity index (χ1v) is 6.63. The third-order valence-electron chi connectivity index (χ3n) is 2.70. The summed E-state index contributed by atoms with van der Waals surface area (Å²) in [4.78, 5) is 15.2. The average molecular weight is 263 g/mol. The Labute approximate surface area is 111 Å². The highest BCUT2D eigenvalue weighted by Crippen LogP contribution is 2.14. The molecular weight excluding hydrogens is 246 g/mol. The third kappa shape index (κ3) is 2.83. The predicted octanol–water partition coefficient (Wildman–Crippen LogP) is 1.65. The fourth-order valence-corrected chi connectivity index (χ4v) is 2.26. The lowest BCUT2D eigenvalue weighted by Crippen LogP contribution is -2.20. The summed E-state index contributed by atoms with van der Waals surface area (Å²) >= 11 is 1.66. The van der Waals surface area contributed by atoms with E-state index in [4.69, 9.17) is 5.73 Å². The highest BCUT2D eigenvalue weighted by molar-refractivity contribution is 7.09. The van der Waals surface area contributed by atoms with E-state index in [-0.39, 0.29) is 0 Å². The Morgan fingerprint density at radius 2 is 2.11 bits per heavy atom. The first-order chi connectivity index (χ1) is 8.60. The molecule has 0 aromatic carbocycles. The van der Waals surface area contributed by atoms with Crippen LogP contribution in [-0.4, -0.2) is 22.0 Å². The lowest BCUT2D eigenvalue weighted by Gasteiger charge is -2.16. The van der Waals surface area contributed by atoms with Gasteiger partial charge >= 0.3 is 0 Å². The second kappa shape index (κ2) is 5.41. The number of nitrogens with zero attached hydrogens (tertiary/aromatic N) is 4. The fourth-order valence-electron chi connectivity index (χ4n) is 1.66. The number of aryl methyl sites for hydroxylation is 2. The van der Waals surface area contributed by atoms with E-state index in [2.05, 4.69) is 20.3 Å². The average Bonchev–Trinajstić information content (AvgIpc) is 2.74. The third-order valence-corrected chi connectivity index (χ3v) is 3.52. The summed E-state index contributed by atoms with van der Waals surface area (Å²) in [5.41, 5.74) is 8.56. The van der Waals surface area contributed by atoms with Gasteiger partial charge in [-0.3, -0.25) is 0 Å². The normalized spacial score (nSPS) is 10.7. The number of anilines is 1. The highest BCUT2D eigenvalue weighted by Gasteiger charge is 2.09. The van der Waals surface area contributed by atoms with Gasteiger partial charge in [0, 0.05) is 36.4 Å². The SMILES string of the molecule is Cc1nc(CN(C)c2ncc(CN)c(C)n2)cs1. The predicted molar refractivity (Wildman–Crippen MR) is 73.6 cm³/mol. The molecule has 0 saturated carbocycles. The zero-order chi connectivity index (χ0) is 13.1. The quantitative estimate of drug-likeness (QED) is 0.908. The molecule has 0 saturated heterocycles. The zero-order valence-electron chi connectivity index (χ0n) is 10.8. The van der Waals surface area contributed by atoms with Crippen LogP contribution >= 0.6 is 11.3 Å². The van der Waals surface area contributed by atoms with Crippen molar-refractivity contribution in [2.24, 2.45) is 5.73 Å². The topological polar surface area (TPSA) is 67.9 Å². The molecule has 0 aliphatic rings. The van der Waals surface area contributed by atoms with E-state index in [0.717, 1.165) is 22.0 Å². The van der Waals surface area contributed by atoms with Gasteiger partial charge in [0.15, 0.2) is 0 Å². The van der Waals surface area contributed by atoms with Crippen molar-refractivity contribution < 1.29 is 0 Å². The molecule has 5 nitrogen and oxygen atoms in total. The van der Waals surface area contributed by atoms with Gasteiger partial charge in [0.25, 0.3) is 0 Å². The van der Waals surface area contributed by atoms with E-state index in [0.29, 0.717) is 19.0 Å². The molecule has 2 rings (SSSR count). The van der Waals surface area contributed by atoms with Gasteiger partial charge in [-0.25, -0.2) is 15.0 Å². The first kappa shape index (κ1) is 12.9. The van der Waals surface area contributed by atoms with Gasteiger partial charge < -0.3 is 10.6 Å². The Kier molecular flexibility index (Phi) is 3.88. The number of rotatable bonds is 4. The molecule has 2 N–H and O–H groups in total. The second-order valence-corrected chi connectivity index (χ2v) is 5.26. The molecule has 0 unspecified atom stereocenters. The molecule has 0 amide bonds. The molecule has 2 aromatic rings. The smallest absolute Gasteiger partial charge is 0.225 e. The van der Waals surface area contributed by atoms with Crippen molar-refractivity contribution in [1.82, 2.24) is 15.0 Å². The summed E-state index contributed by atoms with van der Waals surface area (Å²) in [6.07, 6.45) is 1.79. The fraction of sp³-hybridized carbons (Fsp3) is 0.417. The van der Waals surface area contributed by atoms with Crippen molar-refractivity contribution >= 4 is 17.3 Å². The molecule has 0 fully saturated rings. The molecule has 0 aliphatic heterocycles. The van der Waals surface area contributed by atoms with E-state index in [1.807, 2.05) is 25.8 Å². The minimum absolute atomic E-state index is 0.473. The van der Waals surface area contributed by atoms with Crippen molar-refractivity contribution in [1.29, 1.82) is 0 Å². The Bertz CT molecular complexity index is 537. The minimum atomic E-state index is 0.473. The summed E-state index contributed by atoms with van der Waals surface area (Å²) in [5, 5.41) is 3.14. The lowest BCUT2D eigenvalue weighted by molar-refractivity contribution is 0.829. The summed E-state index contributed by atoms with van der Waals surface area (Å²) < 4.78 is 0. The molecule has 96 valence electrons. The molecule has 6 heteroatoms. The monoisotopic (exact) mass is 263 g/mol. The van der Waals surface area contributed by atoms with Gasteiger partial charge in [-0.2, -0.15) is 0 Å². The van der Waals surface area contributed by atoms with Crippen LogP contribution < -0.4 is 10.6 Å². The van der Waals surface area contributed by atoms with Crippen molar-refractivity contribution in [2.45, 2.75) is 26.9 Å². The number of hydrogen-bond donors (Lipinski definition) is 1. The van der Waals surface area contributed by atoms with Crippen molar-refractivity contribution in [3.8, 4) is 0 Å². The minimum Gasteiger partial charge on any atom is -0.338 e. The number of aromatic nitrogens is 3. The summed E-state index contributed by atoms with van der Waals surface area (Å²) in [7, 11) is 1.96. The van der Waals surface area contributed by atoms with Gasteiger partial charge in [0.1, 0.15) is 0 Å². The summed E-state index contributed by atoms with van der Waals surface area (Å²) in [6, 6.07) is 0. The van der Waals surface area contributed by atoms with Gasteiger partial charge in [-0.1, -0.05) is 0 Å². The Hall–Kier alpha value is -1.53. The molecule has 0 bridgehead atoms. The molecule has 2 aromatic heterocycles. The highest BCUT2D eigenvalue weighted by atomic mass is 32.1. The van der Waals surface area contributed by atoms with Crippen LogP contribution in [0.3, 0.4) is 0 Å². The Balaban J connectivity index is 2.13. The van der Waals surface area contributed by atoms with E-state index in [1.54, 1.807) is 17.5 Å². The number of nitrogens with two attached hydrogens (primary N) is 1. The lowest BCUT2D eigenvalue weighted by atomic mass is 10.2. The molecule has 2 heterocycles. The van der Waals surface area contributed by atoms with Crippen molar-refractivity contribution in [3.05, 3.63) is 33.5 Å². The van der Waals surface area contributed by atoms with Crippen LogP contribution in [0.1, 0.15) is 22.0 Å². The van der Waals surface area contributed by atoms with E-state index in [9.17, 15) is 0 Å².